The number of hydrogen-bond acceptors (Lipinski definition) is 4. The van der Waals surface area contributed by atoms with Crippen LogP contribution in [-0.4, -0.2) is 58.2 Å². The predicted octanol–water partition coefficient (Wildman–Crippen LogP) is 1.33. The zero-order valence-corrected chi connectivity index (χ0v) is 13.2. The highest BCUT2D eigenvalue weighted by Crippen LogP contribution is 2.23. The first-order valence-electron chi connectivity index (χ1n) is 7.68. The summed E-state index contributed by atoms with van der Waals surface area (Å²) in [5.41, 5.74) is 0.989. The monoisotopic (exact) mass is 327 g/mol. The smallest absolute Gasteiger partial charge is 0.129 e. The van der Waals surface area contributed by atoms with E-state index in [1.807, 2.05) is 0 Å². The molecule has 1 aliphatic rings. The van der Waals surface area contributed by atoms with Gasteiger partial charge in [0.15, 0.2) is 0 Å². The van der Waals surface area contributed by atoms with Crippen LogP contribution >= 0.6 is 0 Å². The van der Waals surface area contributed by atoms with Gasteiger partial charge in [-0.1, -0.05) is 12.2 Å². The highest BCUT2D eigenvalue weighted by molar-refractivity contribution is 5.61. The van der Waals surface area contributed by atoms with Gasteiger partial charge in [0, 0.05) is 24.7 Å². The number of halogens is 2. The van der Waals surface area contributed by atoms with E-state index in [1.54, 1.807) is 11.8 Å². The van der Waals surface area contributed by atoms with E-state index in [0.29, 0.717) is 11.1 Å². The molecule has 3 N–H and O–H groups in total. The lowest BCUT2D eigenvalue weighted by molar-refractivity contribution is -0.0704. The Kier molecular flexibility index (Phi) is 5.86. The number of hydrogen-bond donors (Lipinski definition) is 3. The fraction of sp³-hybridized carbons (Fsp3) is 0.529. The largest absolute Gasteiger partial charge is 0.395 e. The van der Waals surface area contributed by atoms with Gasteiger partial charge in [-0.3, -0.25) is 4.90 Å². The molecular formula is C17H23F2NO3. The van der Waals surface area contributed by atoms with E-state index in [4.69, 9.17) is 0 Å². The molecule has 0 spiro atoms. The van der Waals surface area contributed by atoms with Crippen molar-refractivity contribution in [3.8, 4) is 0 Å². The average Bonchev–Trinajstić information content (AvgIpc) is 2.49. The molecule has 23 heavy (non-hydrogen) atoms. The Morgan fingerprint density at radius 1 is 1.26 bits per heavy atom. The Balaban J connectivity index is 2.09. The van der Waals surface area contributed by atoms with Crippen molar-refractivity contribution in [2.45, 2.75) is 38.0 Å². The summed E-state index contributed by atoms with van der Waals surface area (Å²) in [6, 6.07) is 2.20. The molecule has 1 unspecified atom stereocenters. The third-order valence-electron chi connectivity index (χ3n) is 4.39. The third kappa shape index (κ3) is 4.14. The Bertz CT molecular complexity index is 556. The molecule has 128 valence electrons. The summed E-state index contributed by atoms with van der Waals surface area (Å²) in [7, 11) is 0. The molecule has 1 aromatic rings. The van der Waals surface area contributed by atoms with E-state index in [9.17, 15) is 24.1 Å². The van der Waals surface area contributed by atoms with Crippen molar-refractivity contribution in [2.75, 3.05) is 19.7 Å². The first-order valence-corrected chi connectivity index (χ1v) is 7.68. The van der Waals surface area contributed by atoms with Crippen molar-refractivity contribution < 1.29 is 24.1 Å². The fourth-order valence-electron chi connectivity index (χ4n) is 2.90. The molecular weight excluding hydrogens is 304 g/mol. The van der Waals surface area contributed by atoms with Crippen molar-refractivity contribution in [1.29, 1.82) is 0 Å². The van der Waals surface area contributed by atoms with E-state index in [1.165, 1.54) is 12.1 Å². The molecule has 4 nitrogen and oxygen atoms in total. The molecule has 2 rings (SSSR count). The van der Waals surface area contributed by atoms with Crippen molar-refractivity contribution in [3.05, 3.63) is 41.5 Å². The number of nitrogens with zero attached hydrogens (tertiary/aromatic N) is 1. The Hall–Kier alpha value is -1.34. The second kappa shape index (κ2) is 7.49. The summed E-state index contributed by atoms with van der Waals surface area (Å²) in [5, 5.41) is 28.7. The summed E-state index contributed by atoms with van der Waals surface area (Å²) in [4.78, 5) is 1.75. The number of allylic oxidation sites excluding steroid dienone is 1. The number of β-amino-alcohol motifs (C(OH)–C–C–N with tert-alkyl or cyclic N) is 1. The van der Waals surface area contributed by atoms with Crippen LogP contribution in [0.25, 0.3) is 5.57 Å². The maximum atomic E-state index is 14.1. The number of piperidine rings is 1. The van der Waals surface area contributed by atoms with Crippen molar-refractivity contribution in [2.24, 2.45) is 0 Å². The quantitative estimate of drug-likeness (QED) is 0.763. The van der Waals surface area contributed by atoms with Crippen LogP contribution < -0.4 is 0 Å². The van der Waals surface area contributed by atoms with Gasteiger partial charge in [0.25, 0.3) is 0 Å². The van der Waals surface area contributed by atoms with Crippen LogP contribution in [-0.2, 0) is 6.42 Å². The van der Waals surface area contributed by atoms with E-state index in [0.717, 1.165) is 0 Å². The Morgan fingerprint density at radius 3 is 2.39 bits per heavy atom. The normalized spacial score (nSPS) is 25.6. The first kappa shape index (κ1) is 18.0. The summed E-state index contributed by atoms with van der Waals surface area (Å²) in [5.74, 6) is -1.25. The molecule has 0 aromatic heterocycles. The van der Waals surface area contributed by atoms with Crippen LogP contribution in [0.5, 0.6) is 0 Å². The summed E-state index contributed by atoms with van der Waals surface area (Å²) in [6.45, 7) is 5.63. The number of aliphatic hydroxyl groups is 3. The molecule has 1 saturated heterocycles. The maximum Gasteiger partial charge on any atom is 0.129 e. The van der Waals surface area contributed by atoms with Crippen molar-refractivity contribution in [1.82, 2.24) is 4.90 Å². The van der Waals surface area contributed by atoms with Gasteiger partial charge >= 0.3 is 0 Å². The second-order valence-electron chi connectivity index (χ2n) is 6.15. The van der Waals surface area contributed by atoms with Crippen LogP contribution in [0.3, 0.4) is 0 Å². The zero-order chi connectivity index (χ0) is 17.1. The minimum atomic E-state index is -0.918. The van der Waals surface area contributed by atoms with Crippen LogP contribution in [0.4, 0.5) is 8.78 Å². The van der Waals surface area contributed by atoms with Crippen LogP contribution in [0.1, 0.15) is 24.5 Å². The molecule has 1 heterocycles. The summed E-state index contributed by atoms with van der Waals surface area (Å²) in [6.07, 6.45) is -1.45. The van der Waals surface area contributed by atoms with Crippen molar-refractivity contribution >= 4 is 5.57 Å². The van der Waals surface area contributed by atoms with Gasteiger partial charge in [-0.2, -0.15) is 0 Å². The minimum absolute atomic E-state index is 0.0210. The number of likely N-dealkylation sites (tertiary alicyclic amines) is 1. The molecule has 0 aliphatic carbocycles. The van der Waals surface area contributed by atoms with Crippen LogP contribution in [0.15, 0.2) is 18.7 Å². The van der Waals surface area contributed by atoms with E-state index >= 15 is 0 Å². The van der Waals surface area contributed by atoms with Gasteiger partial charge in [0.1, 0.15) is 11.6 Å². The van der Waals surface area contributed by atoms with Crippen molar-refractivity contribution in [3.63, 3.8) is 0 Å². The standard InChI is InChI=1S/C17H23F2NO3/c1-10(2)11-5-14(18)13(15(19)6-11)3-4-20-8-17(23)16(22)7-12(20)9-21/h5-6,12,16-17,21-23H,1,3-4,7-9H2,2H3/t12-,16?,17+/m1/s1. The first-order chi connectivity index (χ1) is 10.8. The molecule has 0 saturated carbocycles. The highest BCUT2D eigenvalue weighted by Gasteiger charge is 2.33. The van der Waals surface area contributed by atoms with Gasteiger partial charge in [0.2, 0.25) is 0 Å². The zero-order valence-electron chi connectivity index (χ0n) is 13.2. The molecule has 0 bridgehead atoms. The average molecular weight is 327 g/mol. The molecule has 6 heteroatoms. The third-order valence-corrected chi connectivity index (χ3v) is 4.39. The lowest BCUT2D eigenvalue weighted by atomic mass is 9.96. The molecule has 1 aromatic carbocycles. The Labute approximate surface area is 134 Å². The molecule has 1 aliphatic heterocycles. The van der Waals surface area contributed by atoms with Gasteiger partial charge in [-0.25, -0.2) is 8.78 Å². The topological polar surface area (TPSA) is 63.9 Å². The molecule has 0 amide bonds. The van der Waals surface area contributed by atoms with E-state index in [-0.39, 0.29) is 44.1 Å². The van der Waals surface area contributed by atoms with Crippen LogP contribution in [0.2, 0.25) is 0 Å². The predicted molar refractivity (Wildman–Crippen MR) is 83.8 cm³/mol. The van der Waals surface area contributed by atoms with Gasteiger partial charge < -0.3 is 15.3 Å². The molecule has 3 atom stereocenters. The number of aliphatic hydroxyl groups excluding tert-OH is 3. The summed E-state index contributed by atoms with van der Waals surface area (Å²) >= 11 is 0. The second-order valence-corrected chi connectivity index (χ2v) is 6.15. The number of benzene rings is 1. The van der Waals surface area contributed by atoms with E-state index < -0.39 is 23.8 Å². The van der Waals surface area contributed by atoms with E-state index in [2.05, 4.69) is 6.58 Å². The van der Waals surface area contributed by atoms with Gasteiger partial charge in [0.05, 0.1) is 18.8 Å². The summed E-state index contributed by atoms with van der Waals surface area (Å²) < 4.78 is 28.2. The lowest BCUT2D eigenvalue weighted by Crippen LogP contribution is -2.54. The maximum absolute atomic E-state index is 14.1. The minimum Gasteiger partial charge on any atom is -0.395 e. The van der Waals surface area contributed by atoms with Crippen LogP contribution in [0, 0.1) is 11.6 Å². The number of rotatable bonds is 5. The fourth-order valence-corrected chi connectivity index (χ4v) is 2.90. The Morgan fingerprint density at radius 2 is 1.87 bits per heavy atom. The lowest BCUT2D eigenvalue weighted by Gasteiger charge is -2.39. The molecule has 1 fully saturated rings. The highest BCUT2D eigenvalue weighted by atomic mass is 19.1. The van der Waals surface area contributed by atoms with Gasteiger partial charge in [-0.05, 0) is 37.5 Å². The van der Waals surface area contributed by atoms with Gasteiger partial charge in [-0.15, -0.1) is 0 Å². The molecule has 0 radical (unpaired) electrons. The SMILES string of the molecule is C=C(C)c1cc(F)c(CCN2C[C@H](O)C(O)C[C@@H]2CO)c(F)c1.